The smallest absolute Gasteiger partial charge is 0.173 e. The summed E-state index contributed by atoms with van der Waals surface area (Å²) in [4.78, 5) is 4.88. The van der Waals surface area contributed by atoms with Crippen LogP contribution < -0.4 is 14.4 Å². The van der Waals surface area contributed by atoms with Crippen molar-refractivity contribution < 1.29 is 9.47 Å². The van der Waals surface area contributed by atoms with Crippen molar-refractivity contribution in [2.45, 2.75) is 32.4 Å². The minimum atomic E-state index is -0.214. The van der Waals surface area contributed by atoms with Gasteiger partial charge in [0.25, 0.3) is 0 Å². The lowest BCUT2D eigenvalue weighted by atomic mass is 10.0. The first-order valence-corrected chi connectivity index (χ1v) is 11.0. The summed E-state index contributed by atoms with van der Waals surface area (Å²) in [6, 6.07) is 16.5. The molecular weight excluding hydrogens is 404 g/mol. The Labute approximate surface area is 189 Å². The summed E-state index contributed by atoms with van der Waals surface area (Å²) in [5, 5.41) is 12.8. The van der Waals surface area contributed by atoms with E-state index in [-0.39, 0.29) is 11.6 Å². The van der Waals surface area contributed by atoms with Gasteiger partial charge in [0.05, 0.1) is 25.8 Å². The van der Waals surface area contributed by atoms with Crippen LogP contribution in [0.3, 0.4) is 0 Å². The molecule has 0 aliphatic carbocycles. The topological polar surface area (TPSA) is 68.5 Å². The molecule has 2 heterocycles. The highest BCUT2D eigenvalue weighted by atomic mass is 16.5. The second-order valence-electron chi connectivity index (χ2n) is 9.02. The first kappa shape index (κ1) is 22.1. The zero-order chi connectivity index (χ0) is 22.7. The zero-order valence-corrected chi connectivity index (χ0v) is 19.5. The highest BCUT2D eigenvalue weighted by Crippen LogP contribution is 2.32. The van der Waals surface area contributed by atoms with Crippen molar-refractivity contribution in [1.82, 2.24) is 25.1 Å². The molecule has 1 fully saturated rings. The molecule has 8 nitrogen and oxygen atoms in total. The van der Waals surface area contributed by atoms with Crippen LogP contribution in [0.2, 0.25) is 0 Å². The average molecular weight is 437 g/mol. The Hall–Kier alpha value is -3.13. The first-order valence-electron chi connectivity index (χ1n) is 11.0. The summed E-state index contributed by atoms with van der Waals surface area (Å²) in [6.45, 7) is 10.0. The van der Waals surface area contributed by atoms with Crippen LogP contribution in [0.15, 0.2) is 48.5 Å². The van der Waals surface area contributed by atoms with Gasteiger partial charge in [0, 0.05) is 31.9 Å². The maximum atomic E-state index is 5.37. The monoisotopic (exact) mass is 436 g/mol. The predicted octanol–water partition coefficient (Wildman–Crippen LogP) is 3.36. The molecule has 1 saturated heterocycles. The van der Waals surface area contributed by atoms with E-state index in [1.807, 2.05) is 28.9 Å². The number of rotatable bonds is 6. The van der Waals surface area contributed by atoms with Crippen LogP contribution in [0.4, 0.5) is 5.69 Å². The number of aromatic nitrogens is 4. The molecule has 4 rings (SSSR count). The molecular formula is C24H32N6O2. The number of hydrogen-bond acceptors (Lipinski definition) is 7. The van der Waals surface area contributed by atoms with Crippen molar-refractivity contribution in [1.29, 1.82) is 0 Å². The number of piperazine rings is 1. The number of benzene rings is 2. The molecule has 1 atom stereocenters. The second-order valence-corrected chi connectivity index (χ2v) is 9.02. The van der Waals surface area contributed by atoms with Crippen molar-refractivity contribution in [2.75, 3.05) is 45.3 Å². The molecule has 1 aromatic heterocycles. The van der Waals surface area contributed by atoms with Gasteiger partial charge >= 0.3 is 0 Å². The quantitative estimate of drug-likeness (QED) is 0.587. The van der Waals surface area contributed by atoms with Crippen molar-refractivity contribution in [3.8, 4) is 11.5 Å². The van der Waals surface area contributed by atoms with E-state index >= 15 is 0 Å². The van der Waals surface area contributed by atoms with Crippen LogP contribution in [-0.2, 0) is 5.54 Å². The number of ether oxygens (including phenoxy) is 2. The van der Waals surface area contributed by atoms with Crippen LogP contribution in [0.1, 0.15) is 38.2 Å². The van der Waals surface area contributed by atoms with Gasteiger partial charge in [-0.15, -0.1) is 5.10 Å². The van der Waals surface area contributed by atoms with Crippen molar-refractivity contribution >= 4 is 5.69 Å². The second kappa shape index (κ2) is 9.16. The SMILES string of the molecule is COc1ccc([C@@H](c2nnnn2C(C)(C)C)N2CCN(c3ccc(OC)cc3)CC2)cc1. The first-order chi connectivity index (χ1) is 15.4. The molecule has 8 heteroatoms. The zero-order valence-electron chi connectivity index (χ0n) is 19.5. The van der Waals surface area contributed by atoms with Gasteiger partial charge in [-0.2, -0.15) is 0 Å². The van der Waals surface area contributed by atoms with Gasteiger partial charge in [-0.3, -0.25) is 4.90 Å². The molecule has 0 N–H and O–H groups in total. The molecule has 1 aliphatic rings. The Morgan fingerprint density at radius 3 is 1.91 bits per heavy atom. The highest BCUT2D eigenvalue weighted by molar-refractivity contribution is 5.49. The maximum Gasteiger partial charge on any atom is 0.173 e. The summed E-state index contributed by atoms with van der Waals surface area (Å²) in [6.07, 6.45) is 0. The Morgan fingerprint density at radius 2 is 1.38 bits per heavy atom. The van der Waals surface area contributed by atoms with E-state index < -0.39 is 0 Å². The third kappa shape index (κ3) is 4.55. The van der Waals surface area contributed by atoms with Gasteiger partial charge in [-0.25, -0.2) is 4.68 Å². The summed E-state index contributed by atoms with van der Waals surface area (Å²) in [5.74, 6) is 2.58. The largest absolute Gasteiger partial charge is 0.497 e. The predicted molar refractivity (Wildman–Crippen MR) is 124 cm³/mol. The number of nitrogens with zero attached hydrogens (tertiary/aromatic N) is 6. The molecule has 3 aromatic rings. The summed E-state index contributed by atoms with van der Waals surface area (Å²) in [7, 11) is 3.38. The van der Waals surface area contributed by atoms with Crippen LogP contribution in [0.25, 0.3) is 0 Å². The summed E-state index contributed by atoms with van der Waals surface area (Å²) >= 11 is 0. The van der Waals surface area contributed by atoms with E-state index in [0.717, 1.165) is 49.1 Å². The number of tetrazole rings is 1. The van der Waals surface area contributed by atoms with Gasteiger partial charge in [-0.1, -0.05) is 12.1 Å². The minimum absolute atomic E-state index is 0.0341. The van der Waals surface area contributed by atoms with E-state index in [1.54, 1.807) is 14.2 Å². The fourth-order valence-corrected chi connectivity index (χ4v) is 4.18. The van der Waals surface area contributed by atoms with Gasteiger partial charge in [0.15, 0.2) is 5.82 Å². The van der Waals surface area contributed by atoms with E-state index in [9.17, 15) is 0 Å². The molecule has 0 radical (unpaired) electrons. The molecule has 1 aliphatic heterocycles. The molecule has 0 spiro atoms. The number of methoxy groups -OCH3 is 2. The van der Waals surface area contributed by atoms with Gasteiger partial charge in [0.2, 0.25) is 0 Å². The minimum Gasteiger partial charge on any atom is -0.497 e. The number of hydrogen-bond donors (Lipinski definition) is 0. The van der Waals surface area contributed by atoms with Crippen LogP contribution in [0.5, 0.6) is 11.5 Å². The Morgan fingerprint density at radius 1 is 0.812 bits per heavy atom. The molecule has 0 bridgehead atoms. The normalized spacial score (nSPS) is 16.1. The van der Waals surface area contributed by atoms with Crippen LogP contribution >= 0.6 is 0 Å². The third-order valence-electron chi connectivity index (χ3n) is 5.92. The Kier molecular flexibility index (Phi) is 6.32. The molecule has 0 saturated carbocycles. The van der Waals surface area contributed by atoms with Crippen molar-refractivity contribution in [2.24, 2.45) is 0 Å². The molecule has 0 unspecified atom stereocenters. The lowest BCUT2D eigenvalue weighted by Gasteiger charge is -2.40. The van der Waals surface area contributed by atoms with Crippen molar-refractivity contribution in [3.05, 3.63) is 59.9 Å². The van der Waals surface area contributed by atoms with Gasteiger partial charge in [-0.05, 0) is 73.2 Å². The van der Waals surface area contributed by atoms with Crippen LogP contribution in [-0.4, -0.2) is 65.5 Å². The highest BCUT2D eigenvalue weighted by Gasteiger charge is 2.33. The van der Waals surface area contributed by atoms with E-state index in [0.29, 0.717) is 0 Å². The van der Waals surface area contributed by atoms with Gasteiger partial charge in [0.1, 0.15) is 11.5 Å². The van der Waals surface area contributed by atoms with E-state index in [1.165, 1.54) is 5.69 Å². The lowest BCUT2D eigenvalue weighted by molar-refractivity contribution is 0.191. The van der Waals surface area contributed by atoms with Gasteiger partial charge < -0.3 is 14.4 Å². The Bertz CT molecular complexity index is 1000. The average Bonchev–Trinajstić information content (AvgIpc) is 3.30. The molecule has 0 amide bonds. The summed E-state index contributed by atoms with van der Waals surface area (Å²) < 4.78 is 12.6. The maximum absolute atomic E-state index is 5.37. The van der Waals surface area contributed by atoms with Crippen molar-refractivity contribution in [3.63, 3.8) is 0 Å². The fourth-order valence-electron chi connectivity index (χ4n) is 4.18. The van der Waals surface area contributed by atoms with E-state index in [4.69, 9.17) is 9.47 Å². The number of anilines is 1. The molecule has 170 valence electrons. The lowest BCUT2D eigenvalue weighted by Crippen LogP contribution is -2.48. The van der Waals surface area contributed by atoms with Crippen LogP contribution in [0, 0.1) is 0 Å². The summed E-state index contributed by atoms with van der Waals surface area (Å²) in [5.41, 5.74) is 2.16. The van der Waals surface area contributed by atoms with E-state index in [2.05, 4.69) is 70.4 Å². The molecule has 2 aromatic carbocycles. The Balaban J connectivity index is 1.60. The molecule has 32 heavy (non-hydrogen) atoms. The standard InChI is InChI=1S/C24H32N6O2/c1-24(2,3)30-23(25-26-27-30)22(18-6-10-20(31-4)11-7-18)29-16-14-28(15-17-29)19-8-12-21(32-5)13-9-19/h6-13,22H,14-17H2,1-5H3/t22-/m0/s1. The fraction of sp³-hybridized carbons (Fsp3) is 0.458. The third-order valence-corrected chi connectivity index (χ3v) is 5.92.